The van der Waals surface area contributed by atoms with Gasteiger partial charge in [0.05, 0.1) is 31.1 Å². The van der Waals surface area contributed by atoms with Gasteiger partial charge in [-0.2, -0.15) is 0 Å². The minimum Gasteiger partial charge on any atom is -0.750 e. The van der Waals surface area contributed by atoms with Crippen LogP contribution in [0.3, 0.4) is 0 Å². The molecule has 0 aromatic heterocycles. The van der Waals surface area contributed by atoms with E-state index in [1.165, 1.54) is 17.6 Å². The lowest BCUT2D eigenvalue weighted by Crippen LogP contribution is -2.50. The minimum absolute atomic E-state index is 0.0243. The van der Waals surface area contributed by atoms with E-state index in [0.717, 1.165) is 38.0 Å². The molecule has 0 spiro atoms. The zero-order valence-electron chi connectivity index (χ0n) is 20.8. The zero-order valence-corrected chi connectivity index (χ0v) is 21.6. The molecule has 1 heterocycles. The lowest BCUT2D eigenvalue weighted by Gasteiger charge is -2.34. The first kappa shape index (κ1) is 27.8. The van der Waals surface area contributed by atoms with Crippen molar-refractivity contribution < 1.29 is 27.3 Å². The van der Waals surface area contributed by atoms with Crippen molar-refractivity contribution in [3.63, 3.8) is 0 Å². The number of carbonyl (C=O) groups is 2. The molecule has 0 saturated carbocycles. The number of nitrogens with zero attached hydrogens (tertiary/aromatic N) is 2. The largest absolute Gasteiger partial charge is 0.750 e. The van der Waals surface area contributed by atoms with Gasteiger partial charge in [0.1, 0.15) is 0 Å². The average Bonchev–Trinajstić information content (AvgIpc) is 2.87. The van der Waals surface area contributed by atoms with Crippen molar-refractivity contribution in [2.75, 3.05) is 31.6 Å². The Hall–Kier alpha value is -2.79. The van der Waals surface area contributed by atoms with Crippen LogP contribution in [0.1, 0.15) is 37.3 Å². The highest BCUT2D eigenvalue weighted by atomic mass is 32.2. The molecule has 0 radical (unpaired) electrons. The molecule has 3 rings (SSSR count). The van der Waals surface area contributed by atoms with Crippen LogP contribution < -0.4 is 10.2 Å². The van der Waals surface area contributed by atoms with Gasteiger partial charge in [0, 0.05) is 37.8 Å². The number of hydrogen-bond acceptors (Lipinski definition) is 7. The minimum atomic E-state index is -2.68. The number of rotatable bonds is 11. The number of anilines is 1. The molecule has 1 aliphatic rings. The van der Waals surface area contributed by atoms with E-state index in [1.54, 1.807) is 19.1 Å². The van der Waals surface area contributed by atoms with E-state index in [9.17, 15) is 18.4 Å². The second kappa shape index (κ2) is 14.1. The standard InChI is InChI=1S/C26H35N3O6S/c1-20(35-36(32)33)18-29(24-11-8-21(9-12-24)10-13-25(30)34-2)26(31)27-23-14-16-28(17-15-23)19-22-6-4-3-5-7-22/h3-9,11-12,20,23H,10,13-19H2,1-2H3,(H,27,31)(H,32,33)/p-1. The fourth-order valence-corrected chi connectivity index (χ4v) is 4.58. The van der Waals surface area contributed by atoms with Crippen molar-refractivity contribution in [2.24, 2.45) is 0 Å². The van der Waals surface area contributed by atoms with Crippen LogP contribution in [-0.2, 0) is 38.0 Å². The van der Waals surface area contributed by atoms with Crippen LogP contribution in [0.25, 0.3) is 0 Å². The van der Waals surface area contributed by atoms with E-state index in [0.29, 0.717) is 12.1 Å². The number of carbonyl (C=O) groups excluding carboxylic acids is 2. The number of aryl methyl sites for hydroxylation is 1. The van der Waals surface area contributed by atoms with Crippen molar-refractivity contribution in [1.29, 1.82) is 0 Å². The molecule has 2 aromatic carbocycles. The Labute approximate surface area is 215 Å². The summed E-state index contributed by atoms with van der Waals surface area (Å²) in [5.41, 5.74) is 2.81. The fraction of sp³-hybridized carbons (Fsp3) is 0.462. The normalized spacial score (nSPS) is 16.2. The van der Waals surface area contributed by atoms with Crippen LogP contribution in [0.4, 0.5) is 10.5 Å². The van der Waals surface area contributed by atoms with Gasteiger partial charge in [0.2, 0.25) is 0 Å². The molecule has 9 nitrogen and oxygen atoms in total. The second-order valence-corrected chi connectivity index (χ2v) is 9.55. The topological polar surface area (TPSA) is 111 Å². The molecule has 0 aliphatic carbocycles. The number of ether oxygens (including phenoxy) is 1. The Balaban J connectivity index is 1.60. The van der Waals surface area contributed by atoms with Gasteiger partial charge in [-0.05, 0) is 49.4 Å². The van der Waals surface area contributed by atoms with Crippen LogP contribution in [0, 0.1) is 0 Å². The third-order valence-corrected chi connectivity index (χ3v) is 6.67. The van der Waals surface area contributed by atoms with Gasteiger partial charge < -0.3 is 14.6 Å². The second-order valence-electron chi connectivity index (χ2n) is 8.95. The molecule has 196 valence electrons. The van der Waals surface area contributed by atoms with Crippen LogP contribution >= 0.6 is 0 Å². The molecule has 2 aromatic rings. The molecule has 36 heavy (non-hydrogen) atoms. The van der Waals surface area contributed by atoms with Crippen molar-refractivity contribution in [2.45, 2.75) is 51.3 Å². The van der Waals surface area contributed by atoms with Gasteiger partial charge in [-0.25, -0.2) is 9.00 Å². The van der Waals surface area contributed by atoms with E-state index in [2.05, 4.69) is 27.1 Å². The van der Waals surface area contributed by atoms with Gasteiger partial charge in [-0.3, -0.25) is 18.8 Å². The summed E-state index contributed by atoms with van der Waals surface area (Å²) in [6.07, 6.45) is 1.73. The fourth-order valence-electron chi connectivity index (χ4n) is 4.25. The third-order valence-electron chi connectivity index (χ3n) is 6.19. The lowest BCUT2D eigenvalue weighted by molar-refractivity contribution is -0.140. The number of esters is 1. The van der Waals surface area contributed by atoms with Crippen LogP contribution in [0.15, 0.2) is 54.6 Å². The Bertz CT molecular complexity index is 996. The van der Waals surface area contributed by atoms with Crippen molar-refractivity contribution in [3.05, 3.63) is 65.7 Å². The van der Waals surface area contributed by atoms with Gasteiger partial charge in [0.15, 0.2) is 0 Å². The predicted molar refractivity (Wildman–Crippen MR) is 137 cm³/mol. The Morgan fingerprint density at radius 3 is 2.39 bits per heavy atom. The quantitative estimate of drug-likeness (QED) is 0.361. The maximum atomic E-state index is 13.3. The molecule has 1 fully saturated rings. The molecule has 1 saturated heterocycles. The third kappa shape index (κ3) is 9.02. The summed E-state index contributed by atoms with van der Waals surface area (Å²) in [7, 11) is 1.35. The van der Waals surface area contributed by atoms with Crippen LogP contribution in [0.2, 0.25) is 0 Å². The lowest BCUT2D eigenvalue weighted by atomic mass is 10.0. The number of urea groups is 1. The number of benzene rings is 2. The number of piperidine rings is 1. The average molecular weight is 517 g/mol. The van der Waals surface area contributed by atoms with Crippen molar-refractivity contribution in [1.82, 2.24) is 10.2 Å². The molecule has 2 atom stereocenters. The summed E-state index contributed by atoms with van der Waals surface area (Å²) in [6.45, 7) is 4.31. The maximum Gasteiger partial charge on any atom is 0.322 e. The Morgan fingerprint density at radius 1 is 1.11 bits per heavy atom. The number of likely N-dealkylation sites (tertiary alicyclic amines) is 1. The highest BCUT2D eigenvalue weighted by molar-refractivity contribution is 7.74. The van der Waals surface area contributed by atoms with E-state index < -0.39 is 17.5 Å². The highest BCUT2D eigenvalue weighted by Crippen LogP contribution is 2.20. The summed E-state index contributed by atoms with van der Waals surface area (Å²) in [6, 6.07) is 17.3. The molecule has 2 unspecified atom stereocenters. The monoisotopic (exact) mass is 516 g/mol. The first-order valence-electron chi connectivity index (χ1n) is 12.1. The van der Waals surface area contributed by atoms with Gasteiger partial charge in [0.25, 0.3) is 0 Å². The van der Waals surface area contributed by atoms with Gasteiger partial charge in [-0.15, -0.1) is 0 Å². The SMILES string of the molecule is COC(=O)CCc1ccc(N(CC(C)OS(=O)[O-])C(=O)NC2CCN(Cc3ccccc3)CC2)cc1. The molecule has 2 amide bonds. The number of nitrogens with one attached hydrogen (secondary N) is 1. The molecule has 1 N–H and O–H groups in total. The molecular weight excluding hydrogens is 482 g/mol. The van der Waals surface area contributed by atoms with Crippen molar-refractivity contribution >= 4 is 29.0 Å². The summed E-state index contributed by atoms with van der Waals surface area (Å²) < 4.78 is 31.5. The Morgan fingerprint density at radius 2 is 1.78 bits per heavy atom. The molecule has 1 aliphatic heterocycles. The zero-order chi connectivity index (χ0) is 25.9. The van der Waals surface area contributed by atoms with Gasteiger partial charge in [-0.1, -0.05) is 42.5 Å². The van der Waals surface area contributed by atoms with E-state index >= 15 is 0 Å². The van der Waals surface area contributed by atoms with Crippen molar-refractivity contribution in [3.8, 4) is 0 Å². The van der Waals surface area contributed by atoms with E-state index in [-0.39, 0.29) is 31.0 Å². The summed E-state index contributed by atoms with van der Waals surface area (Å²) in [4.78, 5) is 28.6. The number of methoxy groups -OCH3 is 1. The Kier molecular flexibility index (Phi) is 10.9. The van der Waals surface area contributed by atoms with Crippen LogP contribution in [0.5, 0.6) is 0 Å². The molecular formula is C26H34N3O6S-. The first-order chi connectivity index (χ1) is 17.3. The van der Waals surface area contributed by atoms with E-state index in [1.807, 2.05) is 30.3 Å². The predicted octanol–water partition coefficient (Wildman–Crippen LogP) is 3.17. The smallest absolute Gasteiger partial charge is 0.322 e. The molecule has 10 heteroatoms. The van der Waals surface area contributed by atoms with E-state index in [4.69, 9.17) is 4.18 Å². The number of hydrogen-bond donors (Lipinski definition) is 1. The van der Waals surface area contributed by atoms with Crippen LogP contribution in [-0.4, -0.2) is 64.6 Å². The number of amides is 2. The maximum absolute atomic E-state index is 13.3. The summed E-state index contributed by atoms with van der Waals surface area (Å²) in [5.74, 6) is -0.286. The molecule has 0 bridgehead atoms. The highest BCUT2D eigenvalue weighted by Gasteiger charge is 2.25. The summed E-state index contributed by atoms with van der Waals surface area (Å²) in [5, 5.41) is 3.11. The first-order valence-corrected chi connectivity index (χ1v) is 13.1. The summed E-state index contributed by atoms with van der Waals surface area (Å²) >= 11 is -2.68. The van der Waals surface area contributed by atoms with Gasteiger partial charge >= 0.3 is 12.0 Å².